The lowest BCUT2D eigenvalue weighted by Crippen LogP contribution is -2.32. The molecule has 0 bridgehead atoms. The summed E-state index contributed by atoms with van der Waals surface area (Å²) >= 11 is 0. The molecule has 2 aromatic rings. The van der Waals surface area contributed by atoms with E-state index in [4.69, 9.17) is 4.74 Å². The molecule has 2 aromatic carbocycles. The molecule has 2 unspecified atom stereocenters. The molecule has 2 aliphatic rings. The molecule has 1 amide bonds. The molecule has 0 radical (unpaired) electrons. The summed E-state index contributed by atoms with van der Waals surface area (Å²) in [5.41, 5.74) is 3.57. The normalized spacial score (nSPS) is 20.7. The second-order valence-electron chi connectivity index (χ2n) is 9.87. The minimum Gasteiger partial charge on any atom is -0.507 e. The molecule has 1 fully saturated rings. The maximum Gasteiger partial charge on any atom is 0.295 e. The number of carbonyl (C=O) groups excluding carboxylic acids is 2. The number of anilines is 1. The molecule has 1 saturated heterocycles. The quantitative estimate of drug-likeness (QED) is 0.322. The zero-order chi connectivity index (χ0) is 26.0. The first-order chi connectivity index (χ1) is 17.2. The summed E-state index contributed by atoms with van der Waals surface area (Å²) in [4.78, 5) is 32.4. The second kappa shape index (κ2) is 10.7. The van der Waals surface area contributed by atoms with E-state index in [9.17, 15) is 14.7 Å². The van der Waals surface area contributed by atoms with Crippen molar-refractivity contribution >= 4 is 23.1 Å². The average Bonchev–Trinajstić information content (AvgIpc) is 3.35. The van der Waals surface area contributed by atoms with Crippen LogP contribution >= 0.6 is 0 Å². The zero-order valence-electron chi connectivity index (χ0n) is 22.0. The van der Waals surface area contributed by atoms with Gasteiger partial charge in [0.05, 0.1) is 11.6 Å². The van der Waals surface area contributed by atoms with Crippen LogP contribution in [0, 0.1) is 0 Å². The molecule has 1 N–H and O–H groups in total. The number of carbonyl (C=O) groups is 2. The minimum atomic E-state index is -0.639. The number of hydrogen-bond donors (Lipinski definition) is 1. The third kappa shape index (κ3) is 4.98. The minimum absolute atomic E-state index is 0.0731. The van der Waals surface area contributed by atoms with Gasteiger partial charge >= 0.3 is 0 Å². The highest BCUT2D eigenvalue weighted by molar-refractivity contribution is 6.46. The third-order valence-electron chi connectivity index (χ3n) is 7.05. The van der Waals surface area contributed by atoms with Crippen molar-refractivity contribution in [2.24, 2.45) is 0 Å². The molecule has 7 nitrogen and oxygen atoms in total. The van der Waals surface area contributed by atoms with Crippen LogP contribution in [0.1, 0.15) is 49.9 Å². The molecule has 0 aromatic heterocycles. The number of benzene rings is 2. The molecule has 2 aliphatic heterocycles. The van der Waals surface area contributed by atoms with E-state index in [0.29, 0.717) is 12.1 Å². The Morgan fingerprint density at radius 3 is 2.42 bits per heavy atom. The van der Waals surface area contributed by atoms with Crippen LogP contribution in [-0.4, -0.2) is 73.0 Å². The molecule has 192 valence electrons. The van der Waals surface area contributed by atoms with Crippen molar-refractivity contribution in [2.45, 2.75) is 45.8 Å². The van der Waals surface area contributed by atoms with Crippen LogP contribution < -0.4 is 9.64 Å². The highest BCUT2D eigenvalue weighted by atomic mass is 16.5. The van der Waals surface area contributed by atoms with Gasteiger partial charge in [-0.05, 0) is 89.3 Å². The van der Waals surface area contributed by atoms with Gasteiger partial charge in [0.25, 0.3) is 11.7 Å². The number of rotatable bonds is 9. The van der Waals surface area contributed by atoms with Crippen LogP contribution in [0.2, 0.25) is 0 Å². The fraction of sp³-hybridized carbons (Fsp3) is 0.448. The van der Waals surface area contributed by atoms with Crippen LogP contribution in [-0.2, 0) is 16.0 Å². The summed E-state index contributed by atoms with van der Waals surface area (Å²) < 4.78 is 5.79. The summed E-state index contributed by atoms with van der Waals surface area (Å²) in [7, 11) is 3.96. The highest BCUT2D eigenvalue weighted by Crippen LogP contribution is 2.41. The maximum absolute atomic E-state index is 13.3. The van der Waals surface area contributed by atoms with Gasteiger partial charge in [-0.3, -0.25) is 9.59 Å². The van der Waals surface area contributed by atoms with E-state index in [2.05, 4.69) is 23.6 Å². The van der Waals surface area contributed by atoms with Crippen molar-refractivity contribution in [1.29, 1.82) is 0 Å². The monoisotopic (exact) mass is 491 g/mol. The molecular formula is C29H37N3O4. The summed E-state index contributed by atoms with van der Waals surface area (Å²) in [6, 6.07) is 12.8. The van der Waals surface area contributed by atoms with E-state index in [-0.39, 0.29) is 17.4 Å². The fourth-order valence-electron chi connectivity index (χ4n) is 5.20. The number of aliphatic hydroxyl groups excluding tert-OH is 1. The van der Waals surface area contributed by atoms with Gasteiger partial charge in [0.15, 0.2) is 0 Å². The number of aliphatic hydroxyl groups is 1. The zero-order valence-corrected chi connectivity index (χ0v) is 22.0. The topological polar surface area (TPSA) is 73.3 Å². The molecule has 0 spiro atoms. The number of likely N-dealkylation sites (tertiary alicyclic amines) is 1. The summed E-state index contributed by atoms with van der Waals surface area (Å²) in [6.45, 7) is 9.22. The van der Waals surface area contributed by atoms with Crippen molar-refractivity contribution in [3.8, 4) is 5.75 Å². The van der Waals surface area contributed by atoms with E-state index in [0.717, 1.165) is 55.0 Å². The second-order valence-corrected chi connectivity index (χ2v) is 9.87. The average molecular weight is 492 g/mol. The smallest absolute Gasteiger partial charge is 0.295 e. The third-order valence-corrected chi connectivity index (χ3v) is 7.05. The number of fused-ring (bicyclic) bond motifs is 1. The lowest BCUT2D eigenvalue weighted by Gasteiger charge is -2.27. The molecular weight excluding hydrogens is 454 g/mol. The fourth-order valence-corrected chi connectivity index (χ4v) is 5.20. The standard InChI is InChI=1S/C29H37N3O4/c1-6-31(7-2)23-12-9-20(10-13-23)26-25(28(34)29(35)32(26)16-8-15-30(4)5)27(33)21-11-14-24-22(18-21)17-19(3)36-24/h9-14,18-19,26,33H,6-8,15-17H2,1-5H3/b27-25-. The lowest BCUT2D eigenvalue weighted by molar-refractivity contribution is -0.139. The van der Waals surface area contributed by atoms with E-state index >= 15 is 0 Å². The van der Waals surface area contributed by atoms with Crippen LogP contribution in [0.4, 0.5) is 5.69 Å². The number of ether oxygens (including phenoxy) is 1. The lowest BCUT2D eigenvalue weighted by atomic mass is 9.94. The van der Waals surface area contributed by atoms with Gasteiger partial charge in [0, 0.05) is 37.3 Å². The van der Waals surface area contributed by atoms with Crippen molar-refractivity contribution in [2.75, 3.05) is 45.2 Å². The van der Waals surface area contributed by atoms with Gasteiger partial charge in [-0.2, -0.15) is 0 Å². The highest BCUT2D eigenvalue weighted by Gasteiger charge is 2.45. The van der Waals surface area contributed by atoms with Crippen LogP contribution in [0.25, 0.3) is 5.76 Å². The predicted octanol–water partition coefficient (Wildman–Crippen LogP) is 4.23. The maximum atomic E-state index is 13.3. The largest absolute Gasteiger partial charge is 0.507 e. The van der Waals surface area contributed by atoms with E-state index in [1.54, 1.807) is 11.0 Å². The molecule has 0 saturated carbocycles. The first-order valence-corrected chi connectivity index (χ1v) is 12.8. The van der Waals surface area contributed by atoms with Gasteiger partial charge in [0.2, 0.25) is 0 Å². The van der Waals surface area contributed by atoms with Crippen molar-refractivity contribution < 1.29 is 19.4 Å². The van der Waals surface area contributed by atoms with E-state index < -0.39 is 17.7 Å². The van der Waals surface area contributed by atoms with Gasteiger partial charge < -0.3 is 24.5 Å². The number of nitrogens with zero attached hydrogens (tertiary/aromatic N) is 3. The summed E-state index contributed by atoms with van der Waals surface area (Å²) in [5.74, 6) is -0.540. The van der Waals surface area contributed by atoms with E-state index in [1.807, 2.05) is 57.4 Å². The Balaban J connectivity index is 1.76. The van der Waals surface area contributed by atoms with Crippen molar-refractivity contribution in [3.05, 3.63) is 64.7 Å². The first kappa shape index (κ1) is 25.8. The summed E-state index contributed by atoms with van der Waals surface area (Å²) in [5, 5.41) is 11.4. The molecule has 7 heteroatoms. The van der Waals surface area contributed by atoms with Crippen LogP contribution in [0.5, 0.6) is 5.75 Å². The Kier molecular flexibility index (Phi) is 7.69. The predicted molar refractivity (Wildman–Crippen MR) is 142 cm³/mol. The van der Waals surface area contributed by atoms with E-state index in [1.165, 1.54) is 0 Å². The number of amides is 1. The Hall–Kier alpha value is -3.32. The SMILES string of the molecule is CCN(CC)c1ccc(C2/C(=C(/O)c3ccc4c(c3)CC(C)O4)C(=O)C(=O)N2CCCN(C)C)cc1. The van der Waals surface area contributed by atoms with Crippen LogP contribution in [0.15, 0.2) is 48.0 Å². The number of Topliss-reactive ketones (excluding diaryl/α,β-unsaturated/α-hetero) is 1. The molecule has 0 aliphatic carbocycles. The van der Waals surface area contributed by atoms with Gasteiger partial charge in [-0.1, -0.05) is 12.1 Å². The number of hydrogen-bond acceptors (Lipinski definition) is 6. The molecule has 2 atom stereocenters. The summed E-state index contributed by atoms with van der Waals surface area (Å²) in [6.07, 6.45) is 1.54. The van der Waals surface area contributed by atoms with Crippen molar-refractivity contribution in [1.82, 2.24) is 9.80 Å². The van der Waals surface area contributed by atoms with Crippen LogP contribution in [0.3, 0.4) is 0 Å². The number of ketones is 1. The Morgan fingerprint density at radius 2 is 1.78 bits per heavy atom. The van der Waals surface area contributed by atoms with Gasteiger partial charge in [-0.15, -0.1) is 0 Å². The Morgan fingerprint density at radius 1 is 1.08 bits per heavy atom. The Bertz CT molecular complexity index is 1150. The van der Waals surface area contributed by atoms with Gasteiger partial charge in [0.1, 0.15) is 17.6 Å². The first-order valence-electron chi connectivity index (χ1n) is 12.8. The van der Waals surface area contributed by atoms with Crippen molar-refractivity contribution in [3.63, 3.8) is 0 Å². The molecule has 2 heterocycles. The molecule has 4 rings (SSSR count). The van der Waals surface area contributed by atoms with Gasteiger partial charge in [-0.25, -0.2) is 0 Å². The molecule has 36 heavy (non-hydrogen) atoms. The Labute approximate surface area is 214 Å².